The van der Waals surface area contributed by atoms with Crippen LogP contribution in [0, 0.1) is 0 Å². The van der Waals surface area contributed by atoms with E-state index in [0.717, 1.165) is 76.8 Å². The third-order valence-corrected chi connectivity index (χ3v) is 13.3. The minimum absolute atomic E-state index is 0.149. The highest BCUT2D eigenvalue weighted by Crippen LogP contribution is 2.22. The Bertz CT molecular complexity index is 4710. The Hall–Kier alpha value is -10.4. The molecule has 426 valence electrons. The van der Waals surface area contributed by atoms with Gasteiger partial charge in [-0.25, -0.2) is 37.7 Å². The highest BCUT2D eigenvalue weighted by Gasteiger charge is 2.14. The Kier molecular flexibility index (Phi) is 20.8. The predicted molar refractivity (Wildman–Crippen MR) is 340 cm³/mol. The number of aromatic nitrogens is 16. The molecule has 86 heavy (non-hydrogen) atoms. The zero-order valence-corrected chi connectivity index (χ0v) is 48.6. The fraction of sp³-hybridized carbons (Fsp3) is 0.0794. The molecule has 0 spiro atoms. The van der Waals surface area contributed by atoms with Crippen LogP contribution < -0.4 is 16.8 Å². The van der Waals surface area contributed by atoms with Gasteiger partial charge in [0.25, 0.3) is 0 Å². The van der Waals surface area contributed by atoms with Gasteiger partial charge in [0.1, 0.15) is 5.15 Å². The molecule has 0 atom stereocenters. The van der Waals surface area contributed by atoms with Crippen molar-refractivity contribution in [2.45, 2.75) is 32.9 Å². The van der Waals surface area contributed by atoms with Gasteiger partial charge in [-0.15, -0.1) is 16.8 Å². The Labute approximate surface area is 505 Å². The van der Waals surface area contributed by atoms with Gasteiger partial charge in [-0.05, 0) is 186 Å². The van der Waals surface area contributed by atoms with Crippen molar-refractivity contribution >= 4 is 102 Å². The number of hydrogen-bond donors (Lipinski definition) is 2. The average Bonchev–Trinajstić information content (AvgIpc) is 4.25. The summed E-state index contributed by atoms with van der Waals surface area (Å²) in [6, 6.07) is 44.7. The predicted octanol–water partition coefficient (Wildman–Crippen LogP) is 9.70. The van der Waals surface area contributed by atoms with Crippen LogP contribution in [0.1, 0.15) is 24.0 Å². The van der Waals surface area contributed by atoms with Gasteiger partial charge in [-0.2, -0.15) is 0 Å². The summed E-state index contributed by atoms with van der Waals surface area (Å²) in [4.78, 5) is 67.2. The number of pyridine rings is 12. The van der Waals surface area contributed by atoms with Crippen molar-refractivity contribution in [1.29, 1.82) is 0 Å². The fourth-order valence-electron chi connectivity index (χ4n) is 8.36. The lowest BCUT2D eigenvalue weighted by Crippen LogP contribution is -2.29. The highest BCUT2D eigenvalue weighted by atomic mass is 79.9. The minimum Gasteiger partial charge on any atom is -0.423 e. The van der Waals surface area contributed by atoms with Crippen molar-refractivity contribution in [1.82, 2.24) is 78.2 Å². The summed E-state index contributed by atoms with van der Waals surface area (Å²) in [5, 5.41) is 26.5. The minimum atomic E-state index is -1.38. The molecule has 14 rings (SSSR count). The molecule has 14 aromatic rings. The molecular weight excluding hydrogens is 1170 g/mol. The van der Waals surface area contributed by atoms with Crippen molar-refractivity contribution in [2.24, 2.45) is 0 Å². The number of allylic oxidation sites excluding steroid dienone is 1. The van der Waals surface area contributed by atoms with Crippen LogP contribution in [0.5, 0.6) is 0 Å². The molecule has 0 aromatic carbocycles. The summed E-state index contributed by atoms with van der Waals surface area (Å²) in [6.45, 7) is 9.84. The van der Waals surface area contributed by atoms with Crippen LogP contribution in [0.3, 0.4) is 0 Å². The SMILES string of the molecule is C=CC.C=Cc1ccc2ncccc2n1.Clc1ccc2ncccc2n1.O=c1n(CCc2ccc3ncccc3n2)nc2c(-c3ccncc3)cccn12.O=c1n(CCc2ccc3ncccc3n2)nc2c(Br)cccn12.OB(O)c1ccncc1. The molecule has 2 N–H and O–H groups in total. The first-order valence-corrected chi connectivity index (χ1v) is 27.9. The van der Waals surface area contributed by atoms with Crippen LogP contribution in [0.4, 0.5) is 0 Å². The van der Waals surface area contributed by atoms with E-state index in [4.69, 9.17) is 21.6 Å². The summed E-state index contributed by atoms with van der Waals surface area (Å²) in [5.74, 6) is 0. The normalized spacial score (nSPS) is 10.5. The number of aryl methyl sites for hydroxylation is 4. The number of fused-ring (bicyclic) bond motifs is 6. The lowest BCUT2D eigenvalue weighted by molar-refractivity contribution is 0.425. The fourth-order valence-corrected chi connectivity index (χ4v) is 8.94. The third kappa shape index (κ3) is 15.6. The summed E-state index contributed by atoms with van der Waals surface area (Å²) in [7, 11) is -1.38. The van der Waals surface area contributed by atoms with E-state index in [1.165, 1.54) is 26.2 Å². The molecule has 14 heterocycles. The van der Waals surface area contributed by atoms with Crippen LogP contribution in [0.25, 0.3) is 72.6 Å². The molecule has 14 aromatic heterocycles. The summed E-state index contributed by atoms with van der Waals surface area (Å²) in [5.41, 5.74) is 12.9. The van der Waals surface area contributed by atoms with E-state index >= 15 is 0 Å². The van der Waals surface area contributed by atoms with E-state index in [1.54, 1.807) is 84.3 Å². The van der Waals surface area contributed by atoms with E-state index in [0.29, 0.717) is 47.8 Å². The maximum atomic E-state index is 12.8. The molecule has 0 aliphatic carbocycles. The number of nitrogens with zero attached hydrogens (tertiary/aromatic N) is 16. The molecule has 0 bridgehead atoms. The Morgan fingerprint density at radius 1 is 0.512 bits per heavy atom. The summed E-state index contributed by atoms with van der Waals surface area (Å²) < 4.78 is 6.87. The van der Waals surface area contributed by atoms with E-state index in [2.05, 4.69) is 89.1 Å². The number of rotatable bonds is 9. The molecule has 23 heteroatoms. The van der Waals surface area contributed by atoms with Crippen LogP contribution in [-0.2, 0) is 25.9 Å². The quantitative estimate of drug-likeness (QED) is 0.0775. The molecule has 0 fully saturated rings. The first-order valence-electron chi connectivity index (χ1n) is 26.7. The van der Waals surface area contributed by atoms with Gasteiger partial charge < -0.3 is 10.0 Å². The lowest BCUT2D eigenvalue weighted by atomic mass is 9.81. The average molecular weight is 1220 g/mol. The van der Waals surface area contributed by atoms with Crippen LogP contribution in [-0.4, -0.2) is 95.4 Å². The van der Waals surface area contributed by atoms with Gasteiger partial charge in [0.2, 0.25) is 0 Å². The number of hydrogen-bond acceptors (Lipinski definition) is 16. The zero-order valence-electron chi connectivity index (χ0n) is 46.2. The molecule has 0 radical (unpaired) electrons. The first-order chi connectivity index (χ1) is 42.0. The van der Waals surface area contributed by atoms with Crippen molar-refractivity contribution in [3.8, 4) is 11.1 Å². The van der Waals surface area contributed by atoms with Crippen LogP contribution in [0.2, 0.25) is 5.15 Å². The molecule has 0 unspecified atom stereocenters. The second-order valence-corrected chi connectivity index (χ2v) is 19.6. The van der Waals surface area contributed by atoms with Crippen LogP contribution in [0.15, 0.2) is 241 Å². The van der Waals surface area contributed by atoms with Gasteiger partial charge in [0, 0.05) is 91.8 Å². The van der Waals surface area contributed by atoms with Crippen molar-refractivity contribution in [3.63, 3.8) is 0 Å². The van der Waals surface area contributed by atoms with E-state index in [1.807, 2.05) is 134 Å². The van der Waals surface area contributed by atoms with E-state index in [-0.39, 0.29) is 11.4 Å². The highest BCUT2D eigenvalue weighted by molar-refractivity contribution is 9.10. The topological polar surface area (TPSA) is 248 Å². The smallest absolute Gasteiger partial charge is 0.423 e. The van der Waals surface area contributed by atoms with Gasteiger partial charge in [0.15, 0.2) is 11.3 Å². The largest absolute Gasteiger partial charge is 0.488 e. The maximum absolute atomic E-state index is 12.8. The Balaban J connectivity index is 0.000000135. The van der Waals surface area contributed by atoms with E-state index in [9.17, 15) is 9.59 Å². The molecule has 0 saturated heterocycles. The molecule has 0 aliphatic heterocycles. The van der Waals surface area contributed by atoms with E-state index < -0.39 is 7.12 Å². The monoisotopic (exact) mass is 1220 g/mol. The van der Waals surface area contributed by atoms with Crippen molar-refractivity contribution in [2.75, 3.05) is 0 Å². The van der Waals surface area contributed by atoms with Crippen LogP contribution >= 0.6 is 27.5 Å². The lowest BCUT2D eigenvalue weighted by Gasteiger charge is -2.02. The Morgan fingerprint density at radius 2 is 0.953 bits per heavy atom. The molecule has 0 saturated carbocycles. The van der Waals surface area contributed by atoms with Crippen molar-refractivity contribution < 1.29 is 10.0 Å². The third-order valence-electron chi connectivity index (χ3n) is 12.5. The first kappa shape index (κ1) is 60.2. The van der Waals surface area contributed by atoms with Gasteiger partial charge >= 0.3 is 18.5 Å². The van der Waals surface area contributed by atoms with Gasteiger partial charge in [-0.1, -0.05) is 24.3 Å². The molecule has 0 amide bonds. The van der Waals surface area contributed by atoms with Gasteiger partial charge in [-0.3, -0.25) is 39.9 Å². The molecule has 0 aliphatic rings. The van der Waals surface area contributed by atoms with Crippen molar-refractivity contribution in [3.05, 3.63) is 274 Å². The zero-order chi connectivity index (χ0) is 60.2. The summed E-state index contributed by atoms with van der Waals surface area (Å²) >= 11 is 9.09. The van der Waals surface area contributed by atoms with Gasteiger partial charge in [0.05, 0.1) is 67.4 Å². The Morgan fingerprint density at radius 3 is 1.44 bits per heavy atom. The maximum Gasteiger partial charge on any atom is 0.488 e. The number of halogens is 2. The standard InChI is InChI=1S/C21H16N6O.C16H12BrN5O.C10H8N2.C8H5ClN2.C5H6BNO2.C3H6/c28-21-26-13-2-3-17(15-7-11-22-12-8-15)20(26)25-27(21)14-9-16-5-6-18-19(24-16)4-1-10-23-18;17-12-3-2-9-21-15(12)20-22(16(21)23)10-7-11-5-6-13-14(19-11)4-1-8-18-13;1-2-8-5-6-9-10(12-8)4-3-7-11-9;9-8-4-3-6-7(11-8)2-1-5-10-6;8-6(9)5-1-3-7-4-2-5;1-3-2/h1-8,10-13H,9,14H2;1-6,8-9H,7,10H2;2-7H,1H2;1-5H;1-4,8-9H;3H,1H2,2H3. The second kappa shape index (κ2) is 29.7. The molecular formula is C63H53BBrClN16O4. The second-order valence-electron chi connectivity index (χ2n) is 18.3. The summed E-state index contributed by atoms with van der Waals surface area (Å²) in [6.07, 6.45) is 21.6. The molecule has 20 nitrogen and oxygen atoms in total.